The van der Waals surface area contributed by atoms with Crippen LogP contribution in [0.5, 0.6) is 0 Å². The van der Waals surface area contributed by atoms with Crippen LogP contribution in [0.3, 0.4) is 0 Å². The van der Waals surface area contributed by atoms with Gasteiger partial charge in [0, 0.05) is 0 Å². The quantitative estimate of drug-likeness (QED) is 0.735. The van der Waals surface area contributed by atoms with Gasteiger partial charge in [-0.25, -0.2) is 17.6 Å². The van der Waals surface area contributed by atoms with E-state index < -0.39 is 57.6 Å². The average Bonchev–Trinajstić information content (AvgIpc) is 2.45. The van der Waals surface area contributed by atoms with Crippen LogP contribution in [0.25, 0.3) is 0 Å². The Bertz CT molecular complexity index is 767. The van der Waals surface area contributed by atoms with Gasteiger partial charge in [0.1, 0.15) is 34.4 Å². The van der Waals surface area contributed by atoms with E-state index in [-0.39, 0.29) is 0 Å². The van der Waals surface area contributed by atoms with Gasteiger partial charge >= 0.3 is 0 Å². The van der Waals surface area contributed by atoms with Crippen molar-refractivity contribution >= 4 is 23.2 Å². The molecule has 1 aliphatic rings. The van der Waals surface area contributed by atoms with Crippen LogP contribution >= 0.6 is 0 Å². The molecule has 2 N–H and O–H groups in total. The zero-order valence-electron chi connectivity index (χ0n) is 10.6. The molecule has 0 bridgehead atoms. The second kappa shape index (κ2) is 4.83. The molecule has 2 aromatic rings. The predicted octanol–water partition coefficient (Wildman–Crippen LogP) is 3.06. The summed E-state index contributed by atoms with van der Waals surface area (Å²) < 4.78 is 55.0. The summed E-state index contributed by atoms with van der Waals surface area (Å²) in [7, 11) is 0. The summed E-state index contributed by atoms with van der Waals surface area (Å²) in [6.45, 7) is 0. The zero-order chi connectivity index (χ0) is 16.0. The summed E-state index contributed by atoms with van der Waals surface area (Å²) in [6, 6.07) is 2.77. The molecule has 2 aromatic carbocycles. The molecule has 0 fully saturated rings. The van der Waals surface area contributed by atoms with E-state index >= 15 is 0 Å². The smallest absolute Gasteiger partial charge is 0.260 e. The van der Waals surface area contributed by atoms with E-state index in [0.29, 0.717) is 24.3 Å². The molecule has 22 heavy (non-hydrogen) atoms. The molecule has 1 heterocycles. The SMILES string of the molecule is O=C1Nc2c(F)ccc(F)c2C(=O)Nc2c(F)ccc(F)c21. The first-order valence-electron chi connectivity index (χ1n) is 5.99. The number of fused-ring (bicyclic) bond motifs is 2. The molecule has 0 radical (unpaired) electrons. The normalized spacial score (nSPS) is 13.5. The highest BCUT2D eigenvalue weighted by molar-refractivity contribution is 6.18. The molecule has 0 saturated carbocycles. The molecule has 112 valence electrons. The molecule has 3 rings (SSSR count). The Hall–Kier alpha value is -2.90. The third-order valence-electron chi connectivity index (χ3n) is 3.14. The van der Waals surface area contributed by atoms with Gasteiger partial charge in [0.15, 0.2) is 0 Å². The number of benzene rings is 2. The molecule has 0 aliphatic carbocycles. The second-order valence-corrected chi connectivity index (χ2v) is 4.47. The number of anilines is 2. The van der Waals surface area contributed by atoms with Crippen LogP contribution in [0.2, 0.25) is 0 Å². The number of halogens is 4. The second-order valence-electron chi connectivity index (χ2n) is 4.47. The van der Waals surface area contributed by atoms with Gasteiger partial charge in [-0.15, -0.1) is 0 Å². The summed E-state index contributed by atoms with van der Waals surface area (Å²) >= 11 is 0. The van der Waals surface area contributed by atoms with Gasteiger partial charge in [0.05, 0.1) is 11.4 Å². The summed E-state index contributed by atoms with van der Waals surface area (Å²) in [5.41, 5.74) is -3.08. The number of amides is 2. The summed E-state index contributed by atoms with van der Waals surface area (Å²) in [4.78, 5) is 24.0. The molecule has 0 atom stereocenters. The van der Waals surface area contributed by atoms with Crippen LogP contribution in [0.1, 0.15) is 20.7 Å². The molecule has 0 saturated heterocycles. The highest BCUT2D eigenvalue weighted by Gasteiger charge is 2.30. The van der Waals surface area contributed by atoms with Crippen molar-refractivity contribution in [1.29, 1.82) is 0 Å². The topological polar surface area (TPSA) is 58.2 Å². The number of rotatable bonds is 0. The van der Waals surface area contributed by atoms with Crippen molar-refractivity contribution in [2.45, 2.75) is 0 Å². The van der Waals surface area contributed by atoms with Crippen LogP contribution in [-0.2, 0) is 0 Å². The van der Waals surface area contributed by atoms with Crippen molar-refractivity contribution in [1.82, 2.24) is 0 Å². The van der Waals surface area contributed by atoms with Gasteiger partial charge in [0.25, 0.3) is 11.8 Å². The standard InChI is InChI=1S/C14H6F4N2O2/c15-5-1-3-7(17)11-9(5)13(21)20-12-8(18)4-2-6(16)10(12)14(22)19-11/h1-4H,(H,19,22)(H,20,21). The van der Waals surface area contributed by atoms with Crippen LogP contribution in [0.15, 0.2) is 24.3 Å². The third-order valence-corrected chi connectivity index (χ3v) is 3.14. The maximum absolute atomic E-state index is 13.8. The Morgan fingerprint density at radius 1 is 0.591 bits per heavy atom. The first kappa shape index (κ1) is 14.1. The minimum absolute atomic E-state index is 0.685. The van der Waals surface area contributed by atoms with E-state index in [2.05, 4.69) is 0 Å². The summed E-state index contributed by atoms with van der Waals surface area (Å²) in [5, 5.41) is 3.81. The average molecular weight is 310 g/mol. The largest absolute Gasteiger partial charge is 0.319 e. The van der Waals surface area contributed by atoms with E-state index in [0.717, 1.165) is 0 Å². The molecule has 2 amide bonds. The number of nitrogens with one attached hydrogen (secondary N) is 2. The highest BCUT2D eigenvalue weighted by Crippen LogP contribution is 2.31. The van der Waals surface area contributed by atoms with Crippen LogP contribution in [0.4, 0.5) is 28.9 Å². The number of hydrogen-bond donors (Lipinski definition) is 2. The van der Waals surface area contributed by atoms with Gasteiger partial charge in [-0.1, -0.05) is 0 Å². The van der Waals surface area contributed by atoms with Gasteiger partial charge in [-0.2, -0.15) is 0 Å². The molecule has 0 aromatic heterocycles. The van der Waals surface area contributed by atoms with Crippen molar-refractivity contribution in [2.75, 3.05) is 10.6 Å². The fourth-order valence-corrected chi connectivity index (χ4v) is 2.14. The monoisotopic (exact) mass is 310 g/mol. The number of carbonyl (C=O) groups excluding carboxylic acids is 2. The van der Waals surface area contributed by atoms with Crippen molar-refractivity contribution in [3.8, 4) is 0 Å². The van der Waals surface area contributed by atoms with Crippen molar-refractivity contribution < 1.29 is 27.2 Å². The molecular formula is C14H6F4N2O2. The zero-order valence-corrected chi connectivity index (χ0v) is 10.6. The minimum Gasteiger partial charge on any atom is -0.319 e. The Kier molecular flexibility index (Phi) is 3.09. The Morgan fingerprint density at radius 3 is 1.27 bits per heavy atom. The van der Waals surface area contributed by atoms with Crippen LogP contribution in [-0.4, -0.2) is 11.8 Å². The Labute approximate surface area is 120 Å². The molecule has 0 spiro atoms. The Balaban J connectivity index is 2.28. The van der Waals surface area contributed by atoms with Crippen LogP contribution < -0.4 is 10.6 Å². The Morgan fingerprint density at radius 2 is 0.909 bits per heavy atom. The lowest BCUT2D eigenvalue weighted by atomic mass is 10.0. The highest BCUT2D eigenvalue weighted by atomic mass is 19.1. The first-order chi connectivity index (χ1) is 10.4. The molecule has 1 aliphatic heterocycles. The maximum Gasteiger partial charge on any atom is 0.260 e. The molecule has 4 nitrogen and oxygen atoms in total. The number of hydrogen-bond acceptors (Lipinski definition) is 2. The van der Waals surface area contributed by atoms with Gasteiger partial charge in [-0.3, -0.25) is 9.59 Å². The lowest BCUT2D eigenvalue weighted by Crippen LogP contribution is -2.27. The lowest BCUT2D eigenvalue weighted by molar-refractivity contribution is 0.101. The van der Waals surface area contributed by atoms with Crippen molar-refractivity contribution in [2.24, 2.45) is 0 Å². The van der Waals surface area contributed by atoms with Crippen molar-refractivity contribution in [3.05, 3.63) is 58.7 Å². The molecular weight excluding hydrogens is 304 g/mol. The lowest BCUT2D eigenvalue weighted by Gasteiger charge is -2.19. The van der Waals surface area contributed by atoms with E-state index in [1.54, 1.807) is 0 Å². The van der Waals surface area contributed by atoms with E-state index in [4.69, 9.17) is 0 Å². The first-order valence-corrected chi connectivity index (χ1v) is 5.99. The maximum atomic E-state index is 13.8. The van der Waals surface area contributed by atoms with Crippen molar-refractivity contribution in [3.63, 3.8) is 0 Å². The third kappa shape index (κ3) is 2.00. The molecule has 8 heteroatoms. The molecule has 0 unspecified atom stereocenters. The van der Waals surface area contributed by atoms with Gasteiger partial charge < -0.3 is 10.6 Å². The fraction of sp³-hybridized carbons (Fsp3) is 0. The fourth-order valence-electron chi connectivity index (χ4n) is 2.14. The summed E-state index contributed by atoms with van der Waals surface area (Å²) in [6.07, 6.45) is 0. The summed E-state index contributed by atoms with van der Waals surface area (Å²) in [5.74, 6) is -6.82. The number of carbonyl (C=O) groups is 2. The predicted molar refractivity (Wildman–Crippen MR) is 68.6 cm³/mol. The van der Waals surface area contributed by atoms with Gasteiger partial charge in [0.2, 0.25) is 0 Å². The van der Waals surface area contributed by atoms with Gasteiger partial charge in [-0.05, 0) is 24.3 Å². The van der Waals surface area contributed by atoms with E-state index in [9.17, 15) is 27.2 Å². The minimum atomic E-state index is -1.21. The van der Waals surface area contributed by atoms with E-state index in [1.807, 2.05) is 10.6 Å². The van der Waals surface area contributed by atoms with E-state index in [1.165, 1.54) is 0 Å². The van der Waals surface area contributed by atoms with Crippen LogP contribution in [0, 0.1) is 23.3 Å².